The fourth-order valence-electron chi connectivity index (χ4n) is 3.13. The first-order valence-electron chi connectivity index (χ1n) is 9.25. The molecule has 2 radical (unpaired) electrons. The van der Waals surface area contributed by atoms with E-state index in [1.807, 2.05) is 59.5 Å². The molecule has 0 aromatic heterocycles. The van der Waals surface area contributed by atoms with Crippen molar-refractivity contribution >= 4 is 37.7 Å². The van der Waals surface area contributed by atoms with Gasteiger partial charge in [-0.1, -0.05) is 18.2 Å². The summed E-state index contributed by atoms with van der Waals surface area (Å²) in [5.74, 6) is 0.0269. The van der Waals surface area contributed by atoms with Crippen LogP contribution in [-0.2, 0) is 13.7 Å². The molecule has 3 rings (SSSR count). The molecule has 1 N–H and O–H groups in total. The molecule has 2 amide bonds. The minimum atomic E-state index is -1.01. The maximum absolute atomic E-state index is 12.6. The van der Waals surface area contributed by atoms with Crippen LogP contribution >= 0.6 is 0 Å². The molecule has 0 spiro atoms. The van der Waals surface area contributed by atoms with Gasteiger partial charge in [0.05, 0.1) is 0 Å². The number of rotatable bonds is 7. The van der Waals surface area contributed by atoms with Crippen molar-refractivity contribution in [2.24, 2.45) is 0 Å². The molecule has 0 bridgehead atoms. The van der Waals surface area contributed by atoms with Gasteiger partial charge in [0.15, 0.2) is 0 Å². The normalized spacial score (nSPS) is 14.6. The van der Waals surface area contributed by atoms with Crippen LogP contribution in [0.3, 0.4) is 0 Å². The first-order chi connectivity index (χ1) is 14.1. The first-order valence-corrected chi connectivity index (χ1v) is 11.2. The summed E-state index contributed by atoms with van der Waals surface area (Å²) >= 11 is -1.01. The maximum atomic E-state index is 12.6. The molecular formula is C20H23GeN3O5. The van der Waals surface area contributed by atoms with Gasteiger partial charge in [0.1, 0.15) is 0 Å². The molecule has 29 heavy (non-hydrogen) atoms. The van der Waals surface area contributed by atoms with Gasteiger partial charge in [-0.3, -0.25) is 4.79 Å². The van der Waals surface area contributed by atoms with Gasteiger partial charge in [0.25, 0.3) is 0 Å². The zero-order valence-corrected chi connectivity index (χ0v) is 18.3. The summed E-state index contributed by atoms with van der Waals surface area (Å²) in [6, 6.07) is 16.6. The number of carbonyl (C=O) groups is 2. The molecule has 2 aromatic carbocycles. The predicted molar refractivity (Wildman–Crippen MR) is 109 cm³/mol. The van der Waals surface area contributed by atoms with Crippen LogP contribution in [-0.4, -0.2) is 82.4 Å². The van der Waals surface area contributed by atoms with Gasteiger partial charge in [-0.25, -0.2) is 0 Å². The van der Waals surface area contributed by atoms with Crippen LogP contribution in [0.1, 0.15) is 10.4 Å². The molecular weight excluding hydrogens is 435 g/mol. The van der Waals surface area contributed by atoms with Crippen molar-refractivity contribution in [3.8, 4) is 0 Å². The molecule has 152 valence electrons. The van der Waals surface area contributed by atoms with Crippen LogP contribution in [0.4, 0.5) is 5.69 Å². The second kappa shape index (κ2) is 10.5. The average molecular weight is 458 g/mol. The van der Waals surface area contributed by atoms with E-state index >= 15 is 0 Å². The van der Waals surface area contributed by atoms with Crippen molar-refractivity contribution < 1.29 is 23.8 Å². The van der Waals surface area contributed by atoms with E-state index in [-0.39, 0.29) is 11.8 Å². The van der Waals surface area contributed by atoms with Crippen molar-refractivity contribution in [2.45, 2.75) is 0 Å². The minimum absolute atomic E-state index is 0.00783. The van der Waals surface area contributed by atoms with E-state index < -0.39 is 15.8 Å². The molecule has 0 aliphatic carbocycles. The Morgan fingerprint density at radius 3 is 2.31 bits per heavy atom. The number of likely N-dealkylation sites (N-methyl/N-ethyl adjacent to an activating group) is 1. The van der Waals surface area contributed by atoms with Crippen LogP contribution in [0.15, 0.2) is 54.6 Å². The van der Waals surface area contributed by atoms with Gasteiger partial charge >= 0.3 is 135 Å². The molecule has 0 saturated carbocycles. The molecule has 1 heterocycles. The molecule has 2 aromatic rings. The molecule has 1 aliphatic heterocycles. The van der Waals surface area contributed by atoms with Crippen molar-refractivity contribution in [3.63, 3.8) is 0 Å². The van der Waals surface area contributed by atoms with Gasteiger partial charge in [-0.15, -0.1) is 0 Å². The zero-order valence-electron chi connectivity index (χ0n) is 16.2. The van der Waals surface area contributed by atoms with Gasteiger partial charge in [-0.2, -0.15) is 0 Å². The molecule has 0 atom stereocenters. The Bertz CT molecular complexity index is 811. The Labute approximate surface area is 176 Å². The Morgan fingerprint density at radius 1 is 1.03 bits per heavy atom. The van der Waals surface area contributed by atoms with Crippen LogP contribution in [0.25, 0.3) is 0 Å². The number of benzene rings is 2. The Kier molecular flexibility index (Phi) is 7.78. The van der Waals surface area contributed by atoms with Crippen molar-refractivity contribution in [1.82, 2.24) is 9.80 Å². The number of carbonyl (C=O) groups excluding carboxylic acids is 2. The first kappa shape index (κ1) is 21.5. The van der Waals surface area contributed by atoms with E-state index in [1.54, 1.807) is 11.9 Å². The van der Waals surface area contributed by atoms with Crippen molar-refractivity contribution in [3.05, 3.63) is 60.2 Å². The molecule has 1 fully saturated rings. The quantitative estimate of drug-likeness (QED) is 0.376. The SMILES string of the molecule is CN(C(=O)CN1CCN(C(=O)c2ccccc2)CC1)c1cc[c]([Ge][O]OO)cc1. The number of nitrogens with zero attached hydrogens (tertiary/aromatic N) is 3. The summed E-state index contributed by atoms with van der Waals surface area (Å²) in [4.78, 5) is 30.7. The number of hydrogen-bond donors (Lipinski definition) is 1. The second-order valence-electron chi connectivity index (χ2n) is 6.69. The Morgan fingerprint density at radius 2 is 1.69 bits per heavy atom. The van der Waals surface area contributed by atoms with Crippen LogP contribution in [0.2, 0.25) is 0 Å². The van der Waals surface area contributed by atoms with Gasteiger partial charge in [0, 0.05) is 5.56 Å². The number of hydrogen-bond acceptors (Lipinski definition) is 6. The molecule has 1 aliphatic rings. The molecule has 9 heteroatoms. The van der Waals surface area contributed by atoms with E-state index in [1.165, 1.54) is 0 Å². The Balaban J connectivity index is 1.48. The summed E-state index contributed by atoms with van der Waals surface area (Å²) in [5.41, 5.74) is 1.48. The fourth-order valence-corrected chi connectivity index (χ4v) is 4.05. The molecule has 8 nitrogen and oxygen atoms in total. The summed E-state index contributed by atoms with van der Waals surface area (Å²) in [6.45, 7) is 2.86. The van der Waals surface area contributed by atoms with Crippen molar-refractivity contribution in [2.75, 3.05) is 44.7 Å². The summed E-state index contributed by atoms with van der Waals surface area (Å²) in [5, 5.41) is 11.9. The monoisotopic (exact) mass is 459 g/mol. The number of amides is 2. The standard InChI is InChI=1S/C20H23GeN3O5/c1-22(18-9-7-17(8-10-18)21-28-29-27)19(25)15-23-11-13-24(14-12-23)20(26)16-5-3-2-4-6-16/h2-10,27H,11-15H2,1H3. The van der Waals surface area contributed by atoms with Gasteiger partial charge in [-0.05, 0) is 12.1 Å². The van der Waals surface area contributed by atoms with E-state index in [4.69, 9.17) is 5.26 Å². The predicted octanol–water partition coefficient (Wildman–Crippen LogP) is 0.773. The average Bonchev–Trinajstić information content (AvgIpc) is 2.78. The summed E-state index contributed by atoms with van der Waals surface area (Å²) in [6.07, 6.45) is 0. The van der Waals surface area contributed by atoms with E-state index in [9.17, 15) is 9.59 Å². The van der Waals surface area contributed by atoms with E-state index in [0.717, 1.165) is 10.1 Å². The summed E-state index contributed by atoms with van der Waals surface area (Å²) in [7, 11) is 1.75. The van der Waals surface area contributed by atoms with Gasteiger partial charge in [0.2, 0.25) is 0 Å². The van der Waals surface area contributed by atoms with Crippen LogP contribution in [0.5, 0.6) is 0 Å². The third kappa shape index (κ3) is 5.87. The second-order valence-corrected chi connectivity index (χ2v) is 8.68. The Hall–Kier alpha value is -2.24. The zero-order chi connectivity index (χ0) is 20.6. The molecule has 0 unspecified atom stereocenters. The third-order valence-electron chi connectivity index (χ3n) is 4.86. The third-order valence-corrected chi connectivity index (χ3v) is 6.39. The fraction of sp³-hybridized carbons (Fsp3) is 0.300. The van der Waals surface area contributed by atoms with Crippen LogP contribution in [0, 0.1) is 0 Å². The van der Waals surface area contributed by atoms with Gasteiger partial charge < -0.3 is 0 Å². The number of anilines is 1. The molecule has 1 saturated heterocycles. The van der Waals surface area contributed by atoms with E-state index in [2.05, 4.69) is 13.9 Å². The number of piperazine rings is 1. The topological polar surface area (TPSA) is 82.6 Å². The van der Waals surface area contributed by atoms with E-state index in [0.29, 0.717) is 38.3 Å². The summed E-state index contributed by atoms with van der Waals surface area (Å²) < 4.78 is 5.52. The van der Waals surface area contributed by atoms with Crippen molar-refractivity contribution in [1.29, 1.82) is 0 Å². The van der Waals surface area contributed by atoms with Crippen LogP contribution < -0.4 is 9.30 Å².